The monoisotopic (exact) mass is 282 g/mol. The van der Waals surface area contributed by atoms with Crippen molar-refractivity contribution >= 4 is 17.3 Å². The number of hydrogen-bond donors (Lipinski definition) is 2. The molecule has 0 saturated carbocycles. The van der Waals surface area contributed by atoms with E-state index in [0.29, 0.717) is 17.0 Å². The molecule has 0 aliphatic carbocycles. The Morgan fingerprint density at radius 3 is 2.43 bits per heavy atom. The second kappa shape index (κ2) is 6.70. The van der Waals surface area contributed by atoms with Crippen molar-refractivity contribution in [2.75, 3.05) is 5.32 Å². The number of nitrogens with zero attached hydrogens (tertiary/aromatic N) is 1. The third-order valence-corrected chi connectivity index (χ3v) is 3.35. The number of aryl methyl sites for hydroxylation is 1. The molecule has 0 saturated heterocycles. The maximum atomic E-state index is 12.3. The molecule has 0 radical (unpaired) electrons. The van der Waals surface area contributed by atoms with Gasteiger partial charge in [0.05, 0.1) is 5.71 Å². The van der Waals surface area contributed by atoms with Crippen LogP contribution < -0.4 is 5.32 Å². The lowest BCUT2D eigenvalue weighted by atomic mass is 10.0. The molecule has 0 aliphatic heterocycles. The number of anilines is 1. The SMILES string of the molecule is CCc1ccccc1C(=O)Nc1ccc(/C(C)=N/O)cc1. The van der Waals surface area contributed by atoms with Crippen molar-refractivity contribution in [2.45, 2.75) is 20.3 Å². The van der Waals surface area contributed by atoms with Gasteiger partial charge in [0, 0.05) is 11.3 Å². The Morgan fingerprint density at radius 1 is 1.14 bits per heavy atom. The number of oxime groups is 1. The molecule has 108 valence electrons. The molecule has 21 heavy (non-hydrogen) atoms. The summed E-state index contributed by atoms with van der Waals surface area (Å²) in [5, 5.41) is 14.8. The minimum atomic E-state index is -0.118. The predicted molar refractivity (Wildman–Crippen MR) is 84.2 cm³/mol. The molecule has 4 nitrogen and oxygen atoms in total. The van der Waals surface area contributed by atoms with Crippen molar-refractivity contribution in [3.63, 3.8) is 0 Å². The van der Waals surface area contributed by atoms with Crippen LogP contribution in [-0.4, -0.2) is 16.8 Å². The maximum absolute atomic E-state index is 12.3. The van der Waals surface area contributed by atoms with Crippen LogP contribution in [0.3, 0.4) is 0 Å². The van der Waals surface area contributed by atoms with Crippen LogP contribution in [0.15, 0.2) is 53.7 Å². The van der Waals surface area contributed by atoms with Gasteiger partial charge in [-0.15, -0.1) is 0 Å². The molecule has 2 N–H and O–H groups in total. The van der Waals surface area contributed by atoms with E-state index in [9.17, 15) is 4.79 Å². The fourth-order valence-electron chi connectivity index (χ4n) is 2.10. The third-order valence-electron chi connectivity index (χ3n) is 3.35. The highest BCUT2D eigenvalue weighted by molar-refractivity contribution is 6.05. The fraction of sp³-hybridized carbons (Fsp3) is 0.176. The van der Waals surface area contributed by atoms with Gasteiger partial charge < -0.3 is 10.5 Å². The highest BCUT2D eigenvalue weighted by atomic mass is 16.4. The molecule has 0 aliphatic rings. The predicted octanol–water partition coefficient (Wildman–Crippen LogP) is 3.70. The number of nitrogens with one attached hydrogen (secondary N) is 1. The molecule has 0 atom stereocenters. The van der Waals surface area contributed by atoms with Gasteiger partial charge in [-0.25, -0.2) is 0 Å². The molecule has 0 heterocycles. The average molecular weight is 282 g/mol. The average Bonchev–Trinajstić information content (AvgIpc) is 2.54. The Labute approximate surface area is 124 Å². The minimum absolute atomic E-state index is 0.118. The number of carbonyl (C=O) groups is 1. The van der Waals surface area contributed by atoms with Crippen molar-refractivity contribution in [3.8, 4) is 0 Å². The molecule has 0 fully saturated rings. The van der Waals surface area contributed by atoms with Gasteiger partial charge in [0.2, 0.25) is 0 Å². The first kappa shape index (κ1) is 14.8. The van der Waals surface area contributed by atoms with E-state index in [0.717, 1.165) is 17.5 Å². The molecule has 0 aromatic heterocycles. The topological polar surface area (TPSA) is 61.7 Å². The highest BCUT2D eigenvalue weighted by Crippen LogP contribution is 2.15. The van der Waals surface area contributed by atoms with Crippen molar-refractivity contribution in [2.24, 2.45) is 5.16 Å². The van der Waals surface area contributed by atoms with Crippen LogP contribution in [-0.2, 0) is 6.42 Å². The van der Waals surface area contributed by atoms with Crippen LogP contribution in [0.25, 0.3) is 0 Å². The largest absolute Gasteiger partial charge is 0.411 e. The van der Waals surface area contributed by atoms with Crippen molar-refractivity contribution in [3.05, 3.63) is 65.2 Å². The van der Waals surface area contributed by atoms with Gasteiger partial charge in [0.25, 0.3) is 5.91 Å². The molecule has 0 bridgehead atoms. The maximum Gasteiger partial charge on any atom is 0.255 e. The standard InChI is InChI=1S/C17H18N2O2/c1-3-13-6-4-5-7-16(13)17(20)18-15-10-8-14(9-11-15)12(2)19-21/h4-11,21H,3H2,1-2H3,(H,18,20)/b19-12+. The van der Waals surface area contributed by atoms with Gasteiger partial charge in [0.1, 0.15) is 0 Å². The van der Waals surface area contributed by atoms with Gasteiger partial charge in [-0.3, -0.25) is 4.79 Å². The van der Waals surface area contributed by atoms with E-state index in [2.05, 4.69) is 10.5 Å². The van der Waals surface area contributed by atoms with Crippen LogP contribution in [0.4, 0.5) is 5.69 Å². The van der Waals surface area contributed by atoms with E-state index >= 15 is 0 Å². The fourth-order valence-corrected chi connectivity index (χ4v) is 2.10. The summed E-state index contributed by atoms with van der Waals surface area (Å²) >= 11 is 0. The Bertz CT molecular complexity index is 661. The second-order valence-electron chi connectivity index (χ2n) is 4.73. The number of carbonyl (C=O) groups excluding carboxylic acids is 1. The molecule has 1 amide bonds. The Morgan fingerprint density at radius 2 is 1.81 bits per heavy atom. The first-order valence-electron chi connectivity index (χ1n) is 6.84. The Balaban J connectivity index is 2.16. The zero-order chi connectivity index (χ0) is 15.2. The summed E-state index contributed by atoms with van der Waals surface area (Å²) in [6.45, 7) is 3.74. The van der Waals surface area contributed by atoms with Gasteiger partial charge in [-0.05, 0) is 42.7 Å². The van der Waals surface area contributed by atoms with Gasteiger partial charge >= 0.3 is 0 Å². The number of rotatable bonds is 4. The first-order valence-corrected chi connectivity index (χ1v) is 6.84. The van der Waals surface area contributed by atoms with E-state index < -0.39 is 0 Å². The smallest absolute Gasteiger partial charge is 0.255 e. The summed E-state index contributed by atoms with van der Waals surface area (Å²) in [4.78, 5) is 12.3. The van der Waals surface area contributed by atoms with Crippen LogP contribution in [0.5, 0.6) is 0 Å². The van der Waals surface area contributed by atoms with E-state index in [1.54, 1.807) is 31.2 Å². The molecular weight excluding hydrogens is 264 g/mol. The Kier molecular flexibility index (Phi) is 4.72. The van der Waals surface area contributed by atoms with Gasteiger partial charge in [0.15, 0.2) is 0 Å². The first-order chi connectivity index (χ1) is 10.2. The van der Waals surface area contributed by atoms with Crippen LogP contribution >= 0.6 is 0 Å². The lowest BCUT2D eigenvalue weighted by Gasteiger charge is -2.09. The second-order valence-corrected chi connectivity index (χ2v) is 4.73. The van der Waals surface area contributed by atoms with Crippen molar-refractivity contribution < 1.29 is 10.0 Å². The summed E-state index contributed by atoms with van der Waals surface area (Å²) in [6, 6.07) is 14.8. The van der Waals surface area contributed by atoms with Gasteiger partial charge in [-0.2, -0.15) is 0 Å². The zero-order valence-electron chi connectivity index (χ0n) is 12.1. The summed E-state index contributed by atoms with van der Waals surface area (Å²) in [7, 11) is 0. The lowest BCUT2D eigenvalue weighted by molar-refractivity contribution is 0.102. The zero-order valence-corrected chi connectivity index (χ0v) is 12.1. The van der Waals surface area contributed by atoms with Crippen LogP contribution in [0.1, 0.15) is 35.3 Å². The highest BCUT2D eigenvalue weighted by Gasteiger charge is 2.10. The summed E-state index contributed by atoms with van der Waals surface area (Å²) in [5.41, 5.74) is 3.76. The van der Waals surface area contributed by atoms with E-state index in [4.69, 9.17) is 5.21 Å². The van der Waals surface area contributed by atoms with Crippen molar-refractivity contribution in [1.29, 1.82) is 0 Å². The number of benzene rings is 2. The number of amides is 1. The summed E-state index contributed by atoms with van der Waals surface area (Å²) in [6.07, 6.45) is 0.814. The normalized spacial score (nSPS) is 11.2. The van der Waals surface area contributed by atoms with Gasteiger partial charge in [-0.1, -0.05) is 42.4 Å². The molecule has 0 unspecified atom stereocenters. The molecule has 4 heteroatoms. The molecule has 2 aromatic carbocycles. The molecular formula is C17H18N2O2. The quantitative estimate of drug-likeness (QED) is 0.510. The molecule has 2 aromatic rings. The van der Waals surface area contributed by atoms with Crippen molar-refractivity contribution in [1.82, 2.24) is 0 Å². The minimum Gasteiger partial charge on any atom is -0.411 e. The van der Waals surface area contributed by atoms with E-state index in [1.807, 2.05) is 31.2 Å². The molecule has 0 spiro atoms. The summed E-state index contributed by atoms with van der Waals surface area (Å²) < 4.78 is 0. The van der Waals surface area contributed by atoms with Crippen LogP contribution in [0.2, 0.25) is 0 Å². The lowest BCUT2D eigenvalue weighted by Crippen LogP contribution is -2.14. The number of hydrogen-bond acceptors (Lipinski definition) is 3. The van der Waals surface area contributed by atoms with E-state index in [-0.39, 0.29) is 5.91 Å². The summed E-state index contributed by atoms with van der Waals surface area (Å²) in [5.74, 6) is -0.118. The third kappa shape index (κ3) is 3.48. The van der Waals surface area contributed by atoms with Crippen LogP contribution in [0, 0.1) is 0 Å². The Hall–Kier alpha value is -2.62. The molecule has 2 rings (SSSR count). The van der Waals surface area contributed by atoms with E-state index in [1.165, 1.54) is 0 Å².